The molecule has 0 fully saturated rings. The summed E-state index contributed by atoms with van der Waals surface area (Å²) in [7, 11) is 5.17. The zero-order valence-corrected chi connectivity index (χ0v) is 18.1. The molecule has 0 aliphatic carbocycles. The number of hydrogen-bond donors (Lipinski definition) is 1. The second kappa shape index (κ2) is 9.99. The van der Waals surface area contributed by atoms with Crippen molar-refractivity contribution in [2.24, 2.45) is 0 Å². The Balaban J connectivity index is 1.84. The Morgan fingerprint density at radius 1 is 1.06 bits per heavy atom. The third-order valence-corrected chi connectivity index (χ3v) is 4.72. The van der Waals surface area contributed by atoms with Crippen LogP contribution in [-0.2, 0) is 17.8 Å². The lowest BCUT2D eigenvalue weighted by molar-refractivity contribution is 0.168. The van der Waals surface area contributed by atoms with Crippen LogP contribution >= 0.6 is 0 Å². The van der Waals surface area contributed by atoms with Crippen molar-refractivity contribution in [1.29, 1.82) is 0 Å². The average Bonchev–Trinajstić information content (AvgIpc) is 2.73. The molecule has 1 amide bonds. The number of nitrogens with zero attached hydrogens (tertiary/aromatic N) is 1. The van der Waals surface area contributed by atoms with Gasteiger partial charge >= 0.3 is 11.7 Å². The third kappa shape index (κ3) is 5.35. The van der Waals surface area contributed by atoms with Gasteiger partial charge in [0.15, 0.2) is 11.5 Å². The summed E-state index contributed by atoms with van der Waals surface area (Å²) < 4.78 is 21.1. The summed E-state index contributed by atoms with van der Waals surface area (Å²) in [6, 6.07) is 12.4. The van der Waals surface area contributed by atoms with Crippen molar-refractivity contribution in [2.45, 2.75) is 20.0 Å². The molecule has 0 aliphatic heterocycles. The number of carbonyl (C=O) groups excluding carboxylic acids is 1. The van der Waals surface area contributed by atoms with Crippen molar-refractivity contribution < 1.29 is 23.4 Å². The van der Waals surface area contributed by atoms with Gasteiger partial charge in [-0.25, -0.2) is 9.59 Å². The summed E-state index contributed by atoms with van der Waals surface area (Å²) in [5.74, 6) is 1.35. The highest BCUT2D eigenvalue weighted by Crippen LogP contribution is 2.31. The second-order valence-electron chi connectivity index (χ2n) is 6.97. The van der Waals surface area contributed by atoms with Gasteiger partial charge in [-0.3, -0.25) is 10.2 Å². The largest absolute Gasteiger partial charge is 0.493 e. The smallest absolute Gasteiger partial charge is 0.411 e. The number of nitrogens with one attached hydrogen (secondary N) is 1. The molecule has 0 bridgehead atoms. The molecule has 1 aromatic heterocycles. The molecule has 8 heteroatoms. The SMILES string of the molecule is CCOC(=O)Nc1ccc2c(CN(C)Cc3cccc(OC)c3OC)cc(=O)oc2c1. The fourth-order valence-corrected chi connectivity index (χ4v) is 3.44. The van der Waals surface area contributed by atoms with E-state index in [9.17, 15) is 9.59 Å². The number of fused-ring (bicyclic) bond motifs is 1. The zero-order chi connectivity index (χ0) is 22.4. The van der Waals surface area contributed by atoms with Crippen LogP contribution in [-0.4, -0.2) is 38.9 Å². The Bertz CT molecular complexity index is 1120. The van der Waals surface area contributed by atoms with Gasteiger partial charge in [0.1, 0.15) is 5.58 Å². The van der Waals surface area contributed by atoms with Crippen LogP contribution in [0.25, 0.3) is 11.0 Å². The van der Waals surface area contributed by atoms with Gasteiger partial charge < -0.3 is 18.6 Å². The summed E-state index contributed by atoms with van der Waals surface area (Å²) in [4.78, 5) is 25.8. The minimum absolute atomic E-state index is 0.267. The molecule has 2 aromatic carbocycles. The summed E-state index contributed by atoms with van der Waals surface area (Å²) in [6.45, 7) is 3.09. The van der Waals surface area contributed by atoms with Crippen LogP contribution in [0, 0.1) is 0 Å². The normalized spacial score (nSPS) is 10.9. The number of anilines is 1. The zero-order valence-electron chi connectivity index (χ0n) is 18.1. The highest BCUT2D eigenvalue weighted by Gasteiger charge is 2.14. The van der Waals surface area contributed by atoms with Gasteiger partial charge in [-0.2, -0.15) is 0 Å². The van der Waals surface area contributed by atoms with Crippen molar-refractivity contribution in [2.75, 3.05) is 33.2 Å². The van der Waals surface area contributed by atoms with Crippen LogP contribution in [0.2, 0.25) is 0 Å². The van der Waals surface area contributed by atoms with E-state index in [0.29, 0.717) is 35.9 Å². The van der Waals surface area contributed by atoms with E-state index in [4.69, 9.17) is 18.6 Å². The van der Waals surface area contributed by atoms with Crippen molar-refractivity contribution in [1.82, 2.24) is 4.90 Å². The van der Waals surface area contributed by atoms with Gasteiger partial charge in [-0.1, -0.05) is 12.1 Å². The molecule has 3 rings (SSSR count). The molecule has 0 radical (unpaired) electrons. The first-order valence-corrected chi connectivity index (χ1v) is 9.84. The van der Waals surface area contributed by atoms with Crippen molar-refractivity contribution in [3.63, 3.8) is 0 Å². The number of benzene rings is 2. The molecule has 0 spiro atoms. The molecule has 0 saturated carbocycles. The van der Waals surface area contributed by atoms with E-state index in [1.54, 1.807) is 33.3 Å². The standard InChI is InChI=1S/C23H26N2O6/c1-5-30-23(27)24-17-9-10-18-16(11-21(26)31-20(18)12-17)14-25(2)13-15-7-6-8-19(28-3)22(15)29-4/h6-12H,5,13-14H2,1-4H3,(H,24,27). The first-order chi connectivity index (χ1) is 14.9. The maximum Gasteiger partial charge on any atom is 0.411 e. The molecule has 0 saturated heterocycles. The summed E-state index contributed by atoms with van der Waals surface area (Å²) in [5, 5.41) is 3.40. The molecule has 8 nitrogen and oxygen atoms in total. The van der Waals surface area contributed by atoms with Crippen LogP contribution in [0.15, 0.2) is 51.7 Å². The molecule has 31 heavy (non-hydrogen) atoms. The number of carbonyl (C=O) groups is 1. The van der Waals surface area contributed by atoms with Crippen molar-refractivity contribution in [3.05, 3.63) is 64.0 Å². The van der Waals surface area contributed by atoms with Crippen LogP contribution in [0.1, 0.15) is 18.1 Å². The Morgan fingerprint density at radius 3 is 2.55 bits per heavy atom. The topological polar surface area (TPSA) is 90.2 Å². The van der Waals surface area contributed by atoms with Gasteiger partial charge in [0.2, 0.25) is 0 Å². The number of para-hydroxylation sites is 1. The minimum atomic E-state index is -0.563. The lowest BCUT2D eigenvalue weighted by atomic mass is 10.1. The molecule has 3 aromatic rings. The average molecular weight is 426 g/mol. The molecule has 1 heterocycles. The minimum Gasteiger partial charge on any atom is -0.493 e. The Labute approximate surface area is 180 Å². The number of methoxy groups -OCH3 is 2. The van der Waals surface area contributed by atoms with Gasteiger partial charge in [-0.05, 0) is 37.7 Å². The summed E-state index contributed by atoms with van der Waals surface area (Å²) in [6.07, 6.45) is -0.563. The van der Waals surface area contributed by atoms with E-state index in [-0.39, 0.29) is 6.61 Å². The van der Waals surface area contributed by atoms with Gasteiger partial charge in [0, 0.05) is 41.9 Å². The monoisotopic (exact) mass is 426 g/mol. The molecular formula is C23H26N2O6. The van der Waals surface area contributed by atoms with Gasteiger partial charge in [-0.15, -0.1) is 0 Å². The van der Waals surface area contributed by atoms with E-state index in [2.05, 4.69) is 10.2 Å². The Kier molecular flexibility index (Phi) is 7.15. The molecular weight excluding hydrogens is 400 g/mol. The van der Waals surface area contributed by atoms with Gasteiger partial charge in [0.25, 0.3) is 0 Å². The van der Waals surface area contributed by atoms with E-state index < -0.39 is 11.7 Å². The lowest BCUT2D eigenvalue weighted by Gasteiger charge is -2.20. The summed E-state index contributed by atoms with van der Waals surface area (Å²) in [5.41, 5.74) is 2.21. The maximum absolute atomic E-state index is 12.1. The van der Waals surface area contributed by atoms with E-state index >= 15 is 0 Å². The fraction of sp³-hybridized carbons (Fsp3) is 0.304. The van der Waals surface area contributed by atoms with Crippen molar-refractivity contribution in [3.8, 4) is 11.5 Å². The first kappa shape index (κ1) is 22.2. The van der Waals surface area contributed by atoms with Crippen LogP contribution in [0.4, 0.5) is 10.5 Å². The van der Waals surface area contributed by atoms with Crippen LogP contribution in [0.3, 0.4) is 0 Å². The van der Waals surface area contributed by atoms with Gasteiger partial charge in [0.05, 0.1) is 20.8 Å². The third-order valence-electron chi connectivity index (χ3n) is 4.72. The Hall–Kier alpha value is -3.52. The van der Waals surface area contributed by atoms with E-state index in [1.807, 2.05) is 31.3 Å². The second-order valence-corrected chi connectivity index (χ2v) is 6.97. The van der Waals surface area contributed by atoms with E-state index in [1.165, 1.54) is 6.07 Å². The van der Waals surface area contributed by atoms with Crippen molar-refractivity contribution >= 4 is 22.7 Å². The number of hydrogen-bond acceptors (Lipinski definition) is 7. The molecule has 1 N–H and O–H groups in total. The predicted octanol–water partition coefficient (Wildman–Crippen LogP) is 4.01. The van der Waals surface area contributed by atoms with Crippen LogP contribution < -0.4 is 20.4 Å². The fourth-order valence-electron chi connectivity index (χ4n) is 3.44. The highest BCUT2D eigenvalue weighted by molar-refractivity contribution is 5.89. The van der Waals surface area contributed by atoms with E-state index in [0.717, 1.165) is 16.5 Å². The van der Waals surface area contributed by atoms with Crippen LogP contribution in [0.5, 0.6) is 11.5 Å². The number of ether oxygens (including phenoxy) is 3. The first-order valence-electron chi connectivity index (χ1n) is 9.84. The summed E-state index contributed by atoms with van der Waals surface area (Å²) >= 11 is 0. The maximum atomic E-state index is 12.1. The Morgan fingerprint density at radius 2 is 1.84 bits per heavy atom. The number of amides is 1. The number of rotatable bonds is 8. The molecule has 0 aliphatic rings. The molecule has 0 atom stereocenters. The quantitative estimate of drug-likeness (QED) is 0.544. The predicted molar refractivity (Wildman–Crippen MR) is 118 cm³/mol. The highest BCUT2D eigenvalue weighted by atomic mass is 16.5. The molecule has 164 valence electrons. The molecule has 0 unspecified atom stereocenters. The lowest BCUT2D eigenvalue weighted by Crippen LogP contribution is -2.19.